The molecule has 62 valence electrons. The van der Waals surface area contributed by atoms with Gasteiger partial charge in [-0.05, 0) is 6.42 Å². The summed E-state index contributed by atoms with van der Waals surface area (Å²) >= 11 is 0. The molecule has 0 saturated carbocycles. The van der Waals surface area contributed by atoms with Crippen LogP contribution in [0.1, 0.15) is 6.42 Å². The molecule has 1 unspecified atom stereocenters. The first-order chi connectivity index (χ1) is 4.84. The Labute approximate surface area is 60.1 Å². The van der Waals surface area contributed by atoms with Crippen molar-refractivity contribution < 1.29 is 20.1 Å². The number of hydrogen-bond acceptors (Lipinski definition) is 4. The molecule has 4 nitrogen and oxygen atoms in total. The zero-order valence-corrected chi connectivity index (χ0v) is 6.03. The van der Waals surface area contributed by atoms with Crippen LogP contribution < -0.4 is 0 Å². The van der Waals surface area contributed by atoms with Gasteiger partial charge in [-0.1, -0.05) is 0 Å². The van der Waals surface area contributed by atoms with E-state index in [4.69, 9.17) is 20.1 Å². The molecule has 0 amide bonds. The van der Waals surface area contributed by atoms with Gasteiger partial charge in [0.15, 0.2) is 0 Å². The second kappa shape index (κ2) is 5.61. The molecule has 1 aliphatic rings. The lowest BCUT2D eigenvalue weighted by molar-refractivity contribution is 0.00406. The summed E-state index contributed by atoms with van der Waals surface area (Å²) in [6.45, 7) is 0.508. The third kappa shape index (κ3) is 2.62. The van der Waals surface area contributed by atoms with Crippen LogP contribution in [0, 0.1) is 0 Å². The molecule has 1 fully saturated rings. The summed E-state index contributed by atoms with van der Waals surface area (Å²) in [5.41, 5.74) is 0. The molecule has 0 aromatic rings. The van der Waals surface area contributed by atoms with Gasteiger partial charge in [-0.2, -0.15) is 0 Å². The average Bonchev–Trinajstić information content (AvgIpc) is 2.39. The maximum atomic E-state index is 8.90. The van der Waals surface area contributed by atoms with Crippen molar-refractivity contribution in [1.29, 1.82) is 0 Å². The molecule has 1 aliphatic heterocycles. The van der Waals surface area contributed by atoms with Gasteiger partial charge in [0.1, 0.15) is 6.10 Å². The molecule has 0 aliphatic carbocycles. The molecule has 0 aromatic heterocycles. The van der Waals surface area contributed by atoms with Crippen molar-refractivity contribution in [2.24, 2.45) is 0 Å². The van der Waals surface area contributed by atoms with Crippen LogP contribution in [0.15, 0.2) is 0 Å². The Hall–Kier alpha value is -0.160. The molecule has 0 aromatic carbocycles. The lowest BCUT2D eigenvalue weighted by Crippen LogP contribution is -2.24. The van der Waals surface area contributed by atoms with Crippen molar-refractivity contribution in [3.05, 3.63) is 0 Å². The summed E-state index contributed by atoms with van der Waals surface area (Å²) in [5, 5.41) is 24.4. The molecule has 1 heterocycles. The van der Waals surface area contributed by atoms with E-state index in [9.17, 15) is 0 Å². The van der Waals surface area contributed by atoms with Gasteiger partial charge >= 0.3 is 0 Å². The normalized spacial score (nSPS) is 31.2. The van der Waals surface area contributed by atoms with E-state index in [0.717, 1.165) is 7.11 Å². The van der Waals surface area contributed by atoms with Crippen LogP contribution in [-0.4, -0.2) is 47.9 Å². The second-order valence-corrected chi connectivity index (χ2v) is 1.95. The lowest BCUT2D eigenvalue weighted by atomic mass is 10.2. The van der Waals surface area contributed by atoms with E-state index in [0.29, 0.717) is 13.0 Å². The molecule has 10 heavy (non-hydrogen) atoms. The first-order valence-corrected chi connectivity index (χ1v) is 3.20. The fourth-order valence-electron chi connectivity index (χ4n) is 0.812. The maximum absolute atomic E-state index is 8.90. The van der Waals surface area contributed by atoms with Crippen LogP contribution in [0.2, 0.25) is 0 Å². The van der Waals surface area contributed by atoms with Gasteiger partial charge < -0.3 is 20.1 Å². The summed E-state index contributed by atoms with van der Waals surface area (Å²) in [6.07, 6.45) is -0.111. The predicted octanol–water partition coefficient (Wildman–Crippen LogP) is -1.26. The average molecular weight is 150 g/mol. The zero-order valence-electron chi connectivity index (χ0n) is 6.03. The minimum Gasteiger partial charge on any atom is -0.400 e. The Balaban J connectivity index is 0.000000371. The second-order valence-electron chi connectivity index (χ2n) is 1.95. The molecule has 3 N–H and O–H groups in total. The molecule has 2 atom stereocenters. The Bertz CT molecular complexity index is 76.1. The van der Waals surface area contributed by atoms with Crippen LogP contribution in [0.25, 0.3) is 0 Å². The number of rotatable bonds is 1. The largest absolute Gasteiger partial charge is 0.400 e. The van der Waals surface area contributed by atoms with Gasteiger partial charge in [-0.3, -0.25) is 0 Å². The van der Waals surface area contributed by atoms with E-state index in [-0.39, 0.29) is 12.7 Å². The topological polar surface area (TPSA) is 69.9 Å². The van der Waals surface area contributed by atoms with Gasteiger partial charge in [0.05, 0.1) is 12.7 Å². The molecular weight excluding hydrogens is 136 g/mol. The van der Waals surface area contributed by atoms with E-state index in [1.54, 1.807) is 0 Å². The van der Waals surface area contributed by atoms with E-state index in [2.05, 4.69) is 0 Å². The number of ether oxygens (including phenoxy) is 1. The zero-order chi connectivity index (χ0) is 7.98. The summed E-state index contributed by atoms with van der Waals surface area (Å²) in [5.74, 6) is 0. The van der Waals surface area contributed by atoms with Crippen molar-refractivity contribution in [2.75, 3.05) is 20.3 Å². The number of aliphatic hydroxyl groups excluding tert-OH is 3. The minimum absolute atomic E-state index is 0.0683. The first kappa shape index (κ1) is 9.84. The van der Waals surface area contributed by atoms with E-state index < -0.39 is 6.10 Å². The highest BCUT2D eigenvalue weighted by molar-refractivity contribution is 4.73. The van der Waals surface area contributed by atoms with Crippen molar-refractivity contribution in [1.82, 2.24) is 0 Å². The number of aliphatic hydroxyl groups is 3. The third-order valence-corrected chi connectivity index (χ3v) is 1.35. The van der Waals surface area contributed by atoms with Crippen LogP contribution in [0.4, 0.5) is 0 Å². The van der Waals surface area contributed by atoms with Gasteiger partial charge in [0.2, 0.25) is 0 Å². The SMILES string of the molecule is CO.OC[C@H]1OCCC1O. The smallest absolute Gasteiger partial charge is 0.106 e. The third-order valence-electron chi connectivity index (χ3n) is 1.35. The van der Waals surface area contributed by atoms with Crippen LogP contribution in [-0.2, 0) is 4.74 Å². The standard InChI is InChI=1S/C5H10O3.CH4O/c6-3-5-4(7)1-2-8-5;1-2/h4-7H,1-3H2;2H,1H3/t4?,5-;/m1./s1. The summed E-state index contributed by atoms with van der Waals surface area (Å²) < 4.78 is 4.91. The van der Waals surface area contributed by atoms with Crippen LogP contribution in [0.3, 0.4) is 0 Å². The maximum Gasteiger partial charge on any atom is 0.106 e. The van der Waals surface area contributed by atoms with Crippen molar-refractivity contribution in [3.8, 4) is 0 Å². The fourth-order valence-corrected chi connectivity index (χ4v) is 0.812. The predicted molar refractivity (Wildman–Crippen MR) is 35.6 cm³/mol. The summed E-state index contributed by atoms with van der Waals surface area (Å²) in [7, 11) is 1.00. The van der Waals surface area contributed by atoms with Crippen LogP contribution >= 0.6 is 0 Å². The van der Waals surface area contributed by atoms with E-state index in [1.165, 1.54) is 0 Å². The van der Waals surface area contributed by atoms with E-state index >= 15 is 0 Å². The highest BCUT2D eigenvalue weighted by atomic mass is 16.5. The fraction of sp³-hybridized carbons (Fsp3) is 1.00. The highest BCUT2D eigenvalue weighted by Crippen LogP contribution is 2.11. The summed E-state index contributed by atoms with van der Waals surface area (Å²) in [4.78, 5) is 0. The van der Waals surface area contributed by atoms with Gasteiger partial charge in [0.25, 0.3) is 0 Å². The molecular formula is C6H14O4. The molecule has 0 radical (unpaired) electrons. The van der Waals surface area contributed by atoms with Crippen molar-refractivity contribution in [3.63, 3.8) is 0 Å². The molecule has 1 saturated heterocycles. The summed E-state index contributed by atoms with van der Waals surface area (Å²) in [6, 6.07) is 0. The Morgan fingerprint density at radius 2 is 2.10 bits per heavy atom. The van der Waals surface area contributed by atoms with E-state index in [1.807, 2.05) is 0 Å². The first-order valence-electron chi connectivity index (χ1n) is 3.20. The minimum atomic E-state index is -0.444. The van der Waals surface area contributed by atoms with Gasteiger partial charge in [-0.25, -0.2) is 0 Å². The molecule has 0 spiro atoms. The quantitative estimate of drug-likeness (QED) is 0.436. The van der Waals surface area contributed by atoms with Crippen molar-refractivity contribution in [2.45, 2.75) is 18.6 Å². The Kier molecular flexibility index (Phi) is 5.52. The monoisotopic (exact) mass is 150 g/mol. The molecule has 4 heteroatoms. The van der Waals surface area contributed by atoms with Crippen molar-refractivity contribution >= 4 is 0 Å². The Morgan fingerprint density at radius 3 is 2.30 bits per heavy atom. The molecule has 0 bridgehead atoms. The Morgan fingerprint density at radius 1 is 1.50 bits per heavy atom. The van der Waals surface area contributed by atoms with Crippen LogP contribution in [0.5, 0.6) is 0 Å². The number of hydrogen-bond donors (Lipinski definition) is 3. The molecule has 1 rings (SSSR count). The van der Waals surface area contributed by atoms with Gasteiger partial charge in [-0.15, -0.1) is 0 Å². The lowest BCUT2D eigenvalue weighted by Gasteiger charge is -2.07. The van der Waals surface area contributed by atoms with Gasteiger partial charge in [0, 0.05) is 13.7 Å². The highest BCUT2D eigenvalue weighted by Gasteiger charge is 2.24.